The van der Waals surface area contributed by atoms with Crippen molar-refractivity contribution < 1.29 is 9.53 Å². The molecule has 15 heavy (non-hydrogen) atoms. The molecule has 0 saturated heterocycles. The molecule has 0 fully saturated rings. The molecule has 0 spiro atoms. The van der Waals surface area contributed by atoms with Crippen LogP contribution >= 0.6 is 15.9 Å². The molecule has 1 amide bonds. The minimum Gasteiger partial charge on any atom is -0.364 e. The lowest BCUT2D eigenvalue weighted by Crippen LogP contribution is -2.25. The van der Waals surface area contributed by atoms with Crippen molar-refractivity contribution in [1.82, 2.24) is 4.90 Å². The van der Waals surface area contributed by atoms with E-state index in [1.807, 2.05) is 5.92 Å². The van der Waals surface area contributed by atoms with Crippen molar-refractivity contribution in [3.63, 3.8) is 0 Å². The van der Waals surface area contributed by atoms with Gasteiger partial charge in [0.25, 0.3) is 5.91 Å². The summed E-state index contributed by atoms with van der Waals surface area (Å²) in [5.41, 5.74) is 0. The van der Waals surface area contributed by atoms with Gasteiger partial charge in [-0.15, -0.1) is 6.42 Å². The fourth-order valence-corrected chi connectivity index (χ4v) is 0.782. The largest absolute Gasteiger partial charge is 0.364 e. The molecular weight excluding hydrogens is 258 g/mol. The van der Waals surface area contributed by atoms with Crippen molar-refractivity contribution in [3.05, 3.63) is 11.1 Å². The van der Waals surface area contributed by atoms with Crippen molar-refractivity contribution in [2.75, 3.05) is 26.8 Å². The van der Waals surface area contributed by atoms with Gasteiger partial charge in [-0.3, -0.25) is 4.79 Å². The molecule has 0 bridgehead atoms. The summed E-state index contributed by atoms with van der Waals surface area (Å²) in [5.74, 6) is 7.14. The number of nitrogens with zero attached hydrogens (tertiary/aromatic N) is 1. The third kappa shape index (κ3) is 7.81. The highest BCUT2D eigenvalue weighted by molar-refractivity contribution is 9.11. The molecule has 0 aromatic carbocycles. The van der Waals surface area contributed by atoms with Gasteiger partial charge < -0.3 is 9.64 Å². The number of rotatable bonds is 4. The van der Waals surface area contributed by atoms with Crippen molar-refractivity contribution in [2.24, 2.45) is 0 Å². The first kappa shape index (κ1) is 13.8. The molecule has 0 unspecified atom stereocenters. The molecule has 0 heterocycles. The summed E-state index contributed by atoms with van der Waals surface area (Å²) in [6.45, 7) is 4.64. The molecular formula is C11H12BrNO2. The summed E-state index contributed by atoms with van der Waals surface area (Å²) < 4.78 is 5.87. The first-order valence-electron chi connectivity index (χ1n) is 4.16. The maximum absolute atomic E-state index is 10.9. The average molecular weight is 270 g/mol. The molecule has 0 N–H and O–H groups in total. The predicted octanol–water partition coefficient (Wildman–Crippen LogP) is 1.01. The summed E-state index contributed by atoms with van der Waals surface area (Å²) in [6.07, 6.45) is 4.93. The van der Waals surface area contributed by atoms with Crippen LogP contribution in [0.1, 0.15) is 0 Å². The zero-order chi connectivity index (χ0) is 11.7. The fourth-order valence-electron chi connectivity index (χ4n) is 0.620. The Morgan fingerprint density at radius 3 is 2.80 bits per heavy atom. The van der Waals surface area contributed by atoms with E-state index < -0.39 is 0 Å². The van der Waals surface area contributed by atoms with E-state index in [9.17, 15) is 4.79 Å². The number of halogens is 1. The van der Waals surface area contributed by atoms with Gasteiger partial charge >= 0.3 is 0 Å². The quantitative estimate of drug-likeness (QED) is 0.563. The monoisotopic (exact) mass is 269 g/mol. The number of amides is 1. The summed E-state index contributed by atoms with van der Waals surface area (Å²) in [5, 5.41) is 0. The fraction of sp³-hybridized carbons (Fsp3) is 0.364. The van der Waals surface area contributed by atoms with Crippen LogP contribution in [0.5, 0.6) is 0 Å². The highest BCUT2D eigenvalue weighted by Gasteiger charge is 2.00. The van der Waals surface area contributed by atoms with Crippen LogP contribution < -0.4 is 0 Å². The molecule has 0 aliphatic heterocycles. The number of carbonyl (C=O) groups excluding carboxylic acids is 1. The van der Waals surface area contributed by atoms with Crippen LogP contribution in [0, 0.1) is 24.2 Å². The van der Waals surface area contributed by atoms with Crippen molar-refractivity contribution in [1.29, 1.82) is 0 Å². The van der Waals surface area contributed by atoms with E-state index in [1.165, 1.54) is 4.90 Å². The lowest BCUT2D eigenvalue weighted by molar-refractivity contribution is -0.123. The van der Waals surface area contributed by atoms with E-state index in [1.54, 1.807) is 7.05 Å². The van der Waals surface area contributed by atoms with Gasteiger partial charge in [-0.05, 0) is 5.92 Å². The zero-order valence-corrected chi connectivity index (χ0v) is 10.1. The second-order valence-corrected chi connectivity index (χ2v) is 3.79. The Morgan fingerprint density at radius 2 is 2.27 bits per heavy atom. The SMILES string of the molecule is C#CC(=O)N(C)CC#CCOCC(=C)Br. The molecule has 0 aromatic rings. The highest BCUT2D eigenvalue weighted by atomic mass is 79.9. The lowest BCUT2D eigenvalue weighted by atomic mass is 10.5. The summed E-state index contributed by atoms with van der Waals surface area (Å²) in [7, 11) is 1.60. The molecule has 0 aliphatic rings. The molecule has 80 valence electrons. The van der Waals surface area contributed by atoms with E-state index in [-0.39, 0.29) is 5.91 Å². The van der Waals surface area contributed by atoms with Crippen LogP contribution in [0.3, 0.4) is 0 Å². The maximum Gasteiger partial charge on any atom is 0.298 e. The van der Waals surface area contributed by atoms with Crippen LogP contribution in [-0.2, 0) is 9.53 Å². The highest BCUT2D eigenvalue weighted by Crippen LogP contribution is 1.99. The number of hydrogen-bond donors (Lipinski definition) is 0. The van der Waals surface area contributed by atoms with Gasteiger partial charge in [0.2, 0.25) is 0 Å². The van der Waals surface area contributed by atoms with Crippen molar-refractivity contribution in [3.8, 4) is 24.2 Å². The maximum atomic E-state index is 10.9. The lowest BCUT2D eigenvalue weighted by Gasteiger charge is -2.07. The molecule has 4 heteroatoms. The summed E-state index contributed by atoms with van der Waals surface area (Å²) >= 11 is 3.15. The molecule has 0 atom stereocenters. The van der Waals surface area contributed by atoms with Crippen LogP contribution in [-0.4, -0.2) is 37.6 Å². The molecule has 0 aromatic heterocycles. The smallest absolute Gasteiger partial charge is 0.298 e. The van der Waals surface area contributed by atoms with Gasteiger partial charge in [0.05, 0.1) is 13.2 Å². The van der Waals surface area contributed by atoms with Gasteiger partial charge in [-0.1, -0.05) is 34.3 Å². The Hall–Kier alpha value is -1.23. The number of hydrogen-bond acceptors (Lipinski definition) is 2. The van der Waals surface area contributed by atoms with Gasteiger partial charge in [0.1, 0.15) is 6.61 Å². The zero-order valence-electron chi connectivity index (χ0n) is 8.55. The van der Waals surface area contributed by atoms with E-state index in [2.05, 4.69) is 34.3 Å². The first-order chi connectivity index (χ1) is 7.07. The van der Waals surface area contributed by atoms with Gasteiger partial charge in [0, 0.05) is 11.5 Å². The number of terminal acetylenes is 1. The third-order valence-corrected chi connectivity index (χ3v) is 1.57. The molecule has 0 aliphatic carbocycles. The third-order valence-electron chi connectivity index (χ3n) is 1.34. The average Bonchev–Trinajstić information content (AvgIpc) is 2.21. The topological polar surface area (TPSA) is 29.5 Å². The van der Waals surface area contributed by atoms with Crippen molar-refractivity contribution >= 4 is 21.8 Å². The van der Waals surface area contributed by atoms with Crippen LogP contribution in [0.15, 0.2) is 11.1 Å². The van der Waals surface area contributed by atoms with E-state index in [0.29, 0.717) is 19.8 Å². The van der Waals surface area contributed by atoms with Crippen LogP contribution in [0.4, 0.5) is 0 Å². The van der Waals surface area contributed by atoms with Crippen LogP contribution in [0.2, 0.25) is 0 Å². The normalized spacial score (nSPS) is 8.33. The van der Waals surface area contributed by atoms with Gasteiger partial charge in [-0.25, -0.2) is 0 Å². The Kier molecular flexibility index (Phi) is 7.44. The molecule has 0 radical (unpaired) electrons. The predicted molar refractivity (Wildman–Crippen MR) is 63.1 cm³/mol. The second-order valence-electron chi connectivity index (χ2n) is 2.67. The van der Waals surface area contributed by atoms with Gasteiger partial charge in [0.15, 0.2) is 0 Å². The minimum atomic E-state index is -0.376. The van der Waals surface area contributed by atoms with Crippen molar-refractivity contribution in [2.45, 2.75) is 0 Å². The van der Waals surface area contributed by atoms with Crippen LogP contribution in [0.25, 0.3) is 0 Å². The minimum absolute atomic E-state index is 0.307. The Labute approximate surface area is 98.6 Å². The van der Waals surface area contributed by atoms with E-state index >= 15 is 0 Å². The first-order valence-corrected chi connectivity index (χ1v) is 4.95. The van der Waals surface area contributed by atoms with Gasteiger partial charge in [-0.2, -0.15) is 0 Å². The van der Waals surface area contributed by atoms with E-state index in [0.717, 1.165) is 4.48 Å². The Balaban J connectivity index is 3.68. The van der Waals surface area contributed by atoms with E-state index in [4.69, 9.17) is 11.2 Å². The Bertz CT molecular complexity index is 333. The Morgan fingerprint density at radius 1 is 1.60 bits per heavy atom. The second kappa shape index (κ2) is 8.11. The number of ether oxygens (including phenoxy) is 1. The summed E-state index contributed by atoms with van der Waals surface area (Å²) in [4.78, 5) is 12.3. The number of carbonyl (C=O) groups is 1. The molecule has 0 saturated carbocycles. The summed E-state index contributed by atoms with van der Waals surface area (Å²) in [6, 6.07) is 0. The molecule has 3 nitrogen and oxygen atoms in total. The molecule has 0 rings (SSSR count). The standard InChI is InChI=1S/C11H12BrNO2/c1-4-11(14)13(3)7-5-6-8-15-9-10(2)12/h1H,2,7-9H2,3H3.